The Hall–Kier alpha value is -1.06. The molecule has 17 heavy (non-hydrogen) atoms. The molecule has 0 aliphatic heterocycles. The Morgan fingerprint density at radius 2 is 2.24 bits per heavy atom. The normalized spacial score (nSPS) is 17.9. The van der Waals surface area contributed by atoms with E-state index in [0.717, 1.165) is 5.75 Å². The van der Waals surface area contributed by atoms with Gasteiger partial charge in [-0.2, -0.15) is 0 Å². The van der Waals surface area contributed by atoms with E-state index in [9.17, 15) is 0 Å². The molecule has 1 aromatic carbocycles. The highest BCUT2D eigenvalue weighted by molar-refractivity contribution is 5.30. The topological polar surface area (TPSA) is 38.5 Å². The molecule has 1 aliphatic rings. The van der Waals surface area contributed by atoms with Gasteiger partial charge in [0.25, 0.3) is 0 Å². The number of likely N-dealkylation sites (N-methyl/N-ethyl adjacent to an activating group) is 1. The molecule has 3 nitrogen and oxygen atoms in total. The molecular formula is C14H22N2O. The SMILES string of the molecule is COc1cccc(C(CN)N(C)C2CCC2)c1. The lowest BCUT2D eigenvalue weighted by molar-refractivity contribution is 0.113. The van der Waals surface area contributed by atoms with Gasteiger partial charge in [-0.3, -0.25) is 4.90 Å². The van der Waals surface area contributed by atoms with Crippen molar-refractivity contribution in [1.82, 2.24) is 4.90 Å². The first kappa shape index (κ1) is 12.4. The van der Waals surface area contributed by atoms with E-state index in [1.54, 1.807) is 7.11 Å². The highest BCUT2D eigenvalue weighted by atomic mass is 16.5. The summed E-state index contributed by atoms with van der Waals surface area (Å²) in [4.78, 5) is 2.41. The van der Waals surface area contributed by atoms with Crippen molar-refractivity contribution < 1.29 is 4.74 Å². The molecule has 0 amide bonds. The average Bonchev–Trinajstić information content (AvgIpc) is 2.28. The highest BCUT2D eigenvalue weighted by Crippen LogP contribution is 2.31. The molecule has 1 aromatic rings. The minimum atomic E-state index is 0.301. The molecule has 0 saturated heterocycles. The van der Waals surface area contributed by atoms with Gasteiger partial charge in [-0.15, -0.1) is 0 Å². The maximum atomic E-state index is 5.93. The van der Waals surface area contributed by atoms with E-state index in [2.05, 4.69) is 24.1 Å². The van der Waals surface area contributed by atoms with Gasteiger partial charge in [0.2, 0.25) is 0 Å². The van der Waals surface area contributed by atoms with Crippen molar-refractivity contribution in [3.63, 3.8) is 0 Å². The Kier molecular flexibility index (Phi) is 4.02. The maximum absolute atomic E-state index is 5.93. The summed E-state index contributed by atoms with van der Waals surface area (Å²) < 4.78 is 5.27. The van der Waals surface area contributed by atoms with Crippen LogP contribution in [0.3, 0.4) is 0 Å². The number of hydrogen-bond acceptors (Lipinski definition) is 3. The number of rotatable bonds is 5. The summed E-state index contributed by atoms with van der Waals surface area (Å²) in [6, 6.07) is 9.23. The first-order valence-corrected chi connectivity index (χ1v) is 6.32. The summed E-state index contributed by atoms with van der Waals surface area (Å²) in [5, 5.41) is 0. The summed E-state index contributed by atoms with van der Waals surface area (Å²) in [7, 11) is 3.88. The van der Waals surface area contributed by atoms with Gasteiger partial charge in [-0.1, -0.05) is 18.6 Å². The van der Waals surface area contributed by atoms with Crippen LogP contribution in [-0.2, 0) is 0 Å². The van der Waals surface area contributed by atoms with Crippen molar-refractivity contribution >= 4 is 0 Å². The Bertz CT molecular complexity index is 363. The van der Waals surface area contributed by atoms with Gasteiger partial charge in [0.1, 0.15) is 5.75 Å². The third kappa shape index (κ3) is 2.61. The van der Waals surface area contributed by atoms with E-state index in [1.165, 1.54) is 24.8 Å². The Labute approximate surface area is 104 Å². The number of ether oxygens (including phenoxy) is 1. The molecule has 2 N–H and O–H groups in total. The van der Waals surface area contributed by atoms with Crippen LogP contribution in [0.5, 0.6) is 5.75 Å². The van der Waals surface area contributed by atoms with Gasteiger partial charge in [0.15, 0.2) is 0 Å². The molecule has 3 heteroatoms. The van der Waals surface area contributed by atoms with Crippen LogP contribution in [0.1, 0.15) is 30.9 Å². The molecule has 94 valence electrons. The fourth-order valence-corrected chi connectivity index (χ4v) is 2.43. The molecule has 1 atom stereocenters. The molecule has 0 bridgehead atoms. The van der Waals surface area contributed by atoms with Crippen LogP contribution >= 0.6 is 0 Å². The van der Waals surface area contributed by atoms with Crippen molar-refractivity contribution in [2.45, 2.75) is 31.3 Å². The zero-order chi connectivity index (χ0) is 12.3. The summed E-state index contributed by atoms with van der Waals surface area (Å²) in [6.45, 7) is 0.653. The molecule has 1 fully saturated rings. The second kappa shape index (κ2) is 5.52. The molecule has 0 heterocycles. The minimum absolute atomic E-state index is 0.301. The number of hydrogen-bond donors (Lipinski definition) is 1. The second-order valence-electron chi connectivity index (χ2n) is 4.78. The van der Waals surface area contributed by atoms with Gasteiger partial charge in [-0.05, 0) is 37.6 Å². The van der Waals surface area contributed by atoms with E-state index in [0.29, 0.717) is 18.6 Å². The van der Waals surface area contributed by atoms with Crippen LogP contribution in [0.25, 0.3) is 0 Å². The van der Waals surface area contributed by atoms with Crippen LogP contribution in [0, 0.1) is 0 Å². The zero-order valence-electron chi connectivity index (χ0n) is 10.7. The van der Waals surface area contributed by atoms with Gasteiger partial charge in [0.05, 0.1) is 7.11 Å². The standard InChI is InChI=1S/C14H22N2O/c1-16(12-6-4-7-12)14(10-15)11-5-3-8-13(9-11)17-2/h3,5,8-9,12,14H,4,6-7,10,15H2,1-2H3. The number of methoxy groups -OCH3 is 1. The molecule has 0 radical (unpaired) electrons. The molecule has 0 spiro atoms. The van der Waals surface area contributed by atoms with Crippen molar-refractivity contribution in [3.05, 3.63) is 29.8 Å². The Balaban J connectivity index is 2.15. The lowest BCUT2D eigenvalue weighted by Crippen LogP contribution is -2.42. The zero-order valence-corrected chi connectivity index (χ0v) is 10.7. The van der Waals surface area contributed by atoms with Crippen molar-refractivity contribution in [2.75, 3.05) is 20.7 Å². The van der Waals surface area contributed by atoms with Gasteiger partial charge < -0.3 is 10.5 Å². The number of benzene rings is 1. The summed E-state index contributed by atoms with van der Waals surface area (Å²) >= 11 is 0. The fraction of sp³-hybridized carbons (Fsp3) is 0.571. The van der Waals surface area contributed by atoms with Crippen LogP contribution < -0.4 is 10.5 Å². The number of nitrogens with two attached hydrogens (primary N) is 1. The fourth-order valence-electron chi connectivity index (χ4n) is 2.43. The van der Waals surface area contributed by atoms with Crippen LogP contribution in [0.2, 0.25) is 0 Å². The van der Waals surface area contributed by atoms with E-state index in [4.69, 9.17) is 10.5 Å². The van der Waals surface area contributed by atoms with Gasteiger partial charge >= 0.3 is 0 Å². The van der Waals surface area contributed by atoms with Crippen LogP contribution in [0.15, 0.2) is 24.3 Å². The number of nitrogens with zero attached hydrogens (tertiary/aromatic N) is 1. The molecular weight excluding hydrogens is 212 g/mol. The Morgan fingerprint density at radius 1 is 1.47 bits per heavy atom. The Morgan fingerprint density at radius 3 is 2.76 bits per heavy atom. The summed E-state index contributed by atoms with van der Waals surface area (Å²) in [5.74, 6) is 0.906. The lowest BCUT2D eigenvalue weighted by atomic mass is 9.89. The van der Waals surface area contributed by atoms with Crippen molar-refractivity contribution in [1.29, 1.82) is 0 Å². The minimum Gasteiger partial charge on any atom is -0.497 e. The highest BCUT2D eigenvalue weighted by Gasteiger charge is 2.27. The quantitative estimate of drug-likeness (QED) is 0.848. The molecule has 2 rings (SSSR count). The van der Waals surface area contributed by atoms with Crippen molar-refractivity contribution in [2.24, 2.45) is 5.73 Å². The largest absolute Gasteiger partial charge is 0.497 e. The predicted octanol–water partition coefficient (Wildman–Crippen LogP) is 2.18. The van der Waals surface area contributed by atoms with E-state index >= 15 is 0 Å². The predicted molar refractivity (Wildman–Crippen MR) is 70.2 cm³/mol. The van der Waals surface area contributed by atoms with Crippen LogP contribution in [0.4, 0.5) is 0 Å². The average molecular weight is 234 g/mol. The lowest BCUT2D eigenvalue weighted by Gasteiger charge is -2.39. The smallest absolute Gasteiger partial charge is 0.119 e. The monoisotopic (exact) mass is 234 g/mol. The first-order chi connectivity index (χ1) is 8.26. The van der Waals surface area contributed by atoms with Crippen molar-refractivity contribution in [3.8, 4) is 5.75 Å². The van der Waals surface area contributed by atoms with E-state index in [1.807, 2.05) is 12.1 Å². The second-order valence-corrected chi connectivity index (χ2v) is 4.78. The molecule has 0 aromatic heterocycles. The third-order valence-corrected chi connectivity index (χ3v) is 3.84. The summed E-state index contributed by atoms with van der Waals surface area (Å²) in [6.07, 6.45) is 3.96. The van der Waals surface area contributed by atoms with Gasteiger partial charge in [0, 0.05) is 18.6 Å². The maximum Gasteiger partial charge on any atom is 0.119 e. The summed E-state index contributed by atoms with van der Waals surface area (Å²) in [5.41, 5.74) is 7.18. The third-order valence-electron chi connectivity index (χ3n) is 3.84. The molecule has 1 unspecified atom stereocenters. The van der Waals surface area contributed by atoms with Gasteiger partial charge in [-0.25, -0.2) is 0 Å². The molecule has 1 aliphatic carbocycles. The van der Waals surface area contributed by atoms with E-state index < -0.39 is 0 Å². The van der Waals surface area contributed by atoms with Crippen LogP contribution in [-0.4, -0.2) is 31.6 Å². The first-order valence-electron chi connectivity index (χ1n) is 6.32. The molecule has 1 saturated carbocycles. The van der Waals surface area contributed by atoms with E-state index in [-0.39, 0.29) is 0 Å².